The molecule has 0 aromatic carbocycles. The Morgan fingerprint density at radius 3 is 1.39 bits per heavy atom. The van der Waals surface area contributed by atoms with E-state index in [-0.39, 0.29) is 11.9 Å². The average molecular weight is 619 g/mol. The lowest BCUT2D eigenvalue weighted by Gasteiger charge is -2.22. The van der Waals surface area contributed by atoms with Crippen molar-refractivity contribution >= 4 is 5.97 Å². The van der Waals surface area contributed by atoms with Crippen molar-refractivity contribution in [2.24, 2.45) is 23.7 Å². The predicted octanol–water partition coefficient (Wildman–Crippen LogP) is 14.6. The second kappa shape index (κ2) is 33.6. The summed E-state index contributed by atoms with van der Waals surface area (Å²) in [4.78, 5) is 12.5. The molecule has 0 N–H and O–H groups in total. The summed E-state index contributed by atoms with van der Waals surface area (Å²) in [5.74, 6) is 2.20. The van der Waals surface area contributed by atoms with Gasteiger partial charge in [0.25, 0.3) is 0 Å². The minimum absolute atomic E-state index is 0.0226. The summed E-state index contributed by atoms with van der Waals surface area (Å²) < 4.78 is 5.63. The molecule has 0 amide bonds. The van der Waals surface area contributed by atoms with Crippen LogP contribution in [0.25, 0.3) is 0 Å². The van der Waals surface area contributed by atoms with Gasteiger partial charge >= 0.3 is 5.97 Å². The van der Waals surface area contributed by atoms with Gasteiger partial charge in [0.05, 0.1) is 12.5 Å². The van der Waals surface area contributed by atoms with E-state index >= 15 is 0 Å². The second-order valence-corrected chi connectivity index (χ2v) is 15.0. The van der Waals surface area contributed by atoms with Crippen molar-refractivity contribution in [3.63, 3.8) is 0 Å². The Morgan fingerprint density at radius 1 is 0.477 bits per heavy atom. The average Bonchev–Trinajstić information content (AvgIpc) is 2.99. The molecule has 0 bridgehead atoms. The van der Waals surface area contributed by atoms with Crippen LogP contribution in [-0.4, -0.2) is 12.6 Å². The summed E-state index contributed by atoms with van der Waals surface area (Å²) in [5.41, 5.74) is 0. The van der Waals surface area contributed by atoms with Crippen LogP contribution < -0.4 is 0 Å². The van der Waals surface area contributed by atoms with Crippen molar-refractivity contribution in [2.45, 2.75) is 221 Å². The molecule has 4 atom stereocenters. The lowest BCUT2D eigenvalue weighted by molar-refractivity contribution is -0.148. The summed E-state index contributed by atoms with van der Waals surface area (Å²) in [6.45, 7) is 14.4. The van der Waals surface area contributed by atoms with Gasteiger partial charge in [-0.05, 0) is 69.1 Å². The molecule has 0 spiro atoms. The van der Waals surface area contributed by atoms with Gasteiger partial charge in [-0.3, -0.25) is 4.79 Å². The van der Waals surface area contributed by atoms with Crippen LogP contribution in [0.15, 0.2) is 12.2 Å². The van der Waals surface area contributed by atoms with E-state index in [4.69, 9.17) is 4.74 Å². The van der Waals surface area contributed by atoms with Gasteiger partial charge < -0.3 is 4.74 Å². The number of esters is 1. The Balaban J connectivity index is 3.64. The smallest absolute Gasteiger partial charge is 0.308 e. The monoisotopic (exact) mass is 619 g/mol. The molecule has 2 heteroatoms. The van der Waals surface area contributed by atoms with Gasteiger partial charge in [-0.25, -0.2) is 0 Å². The molecular weight excluding hydrogens is 536 g/mol. The van der Waals surface area contributed by atoms with Crippen molar-refractivity contribution in [3.05, 3.63) is 12.2 Å². The van der Waals surface area contributed by atoms with Crippen molar-refractivity contribution in [1.82, 2.24) is 0 Å². The van der Waals surface area contributed by atoms with Crippen molar-refractivity contribution < 1.29 is 9.53 Å². The van der Waals surface area contributed by atoms with Gasteiger partial charge in [-0.1, -0.05) is 182 Å². The number of hydrogen-bond donors (Lipinski definition) is 0. The van der Waals surface area contributed by atoms with E-state index in [0.717, 1.165) is 24.7 Å². The molecule has 0 aromatic heterocycles. The molecule has 0 fully saturated rings. The van der Waals surface area contributed by atoms with Crippen molar-refractivity contribution in [2.75, 3.05) is 6.61 Å². The second-order valence-electron chi connectivity index (χ2n) is 15.0. The number of ether oxygens (including phenoxy) is 1. The van der Waals surface area contributed by atoms with Gasteiger partial charge in [0.2, 0.25) is 0 Å². The first-order valence-corrected chi connectivity index (χ1v) is 20.2. The minimum Gasteiger partial charge on any atom is -0.465 e. The number of unbranched alkanes of at least 4 members (excludes halogenated alkanes) is 21. The normalized spacial score (nSPS) is 14.6. The SMILES string of the molecule is CCCCCCC=CCCCCCCCCCCC(C)CC(C)CC(C)CC(C)C(=O)OCCCCCCCCCCCC. The van der Waals surface area contributed by atoms with E-state index in [1.54, 1.807) is 0 Å². The highest BCUT2D eigenvalue weighted by Gasteiger charge is 2.20. The van der Waals surface area contributed by atoms with Crippen LogP contribution in [-0.2, 0) is 9.53 Å². The van der Waals surface area contributed by atoms with Crippen LogP contribution >= 0.6 is 0 Å². The highest BCUT2D eigenvalue weighted by atomic mass is 16.5. The Morgan fingerprint density at radius 2 is 0.864 bits per heavy atom. The largest absolute Gasteiger partial charge is 0.465 e. The van der Waals surface area contributed by atoms with Crippen LogP contribution in [0, 0.1) is 23.7 Å². The number of carbonyl (C=O) groups excluding carboxylic acids is 1. The molecule has 0 saturated carbocycles. The molecule has 2 nitrogen and oxygen atoms in total. The summed E-state index contributed by atoms with van der Waals surface area (Å²) in [5, 5.41) is 0. The summed E-state index contributed by atoms with van der Waals surface area (Å²) >= 11 is 0. The molecule has 4 unspecified atom stereocenters. The van der Waals surface area contributed by atoms with Gasteiger partial charge in [0, 0.05) is 0 Å². The zero-order chi connectivity index (χ0) is 32.5. The Hall–Kier alpha value is -0.790. The number of hydrogen-bond acceptors (Lipinski definition) is 2. The standard InChI is InChI=1S/C42H82O2/c1-7-9-11-13-15-17-19-20-21-22-23-24-25-27-29-31-33-38(3)35-39(4)36-40(5)37-41(6)42(43)44-34-32-30-28-26-18-16-14-12-10-8-2/h17,19,38-41H,7-16,18,20-37H2,1-6H3. The van der Waals surface area contributed by atoms with E-state index in [1.807, 2.05) is 0 Å². The highest BCUT2D eigenvalue weighted by molar-refractivity contribution is 5.71. The lowest BCUT2D eigenvalue weighted by atomic mass is 9.84. The molecule has 0 aliphatic heterocycles. The molecular formula is C42H82O2. The van der Waals surface area contributed by atoms with Gasteiger partial charge in [-0.2, -0.15) is 0 Å². The summed E-state index contributed by atoms with van der Waals surface area (Å²) in [6, 6.07) is 0. The Labute approximate surface area is 278 Å². The highest BCUT2D eigenvalue weighted by Crippen LogP contribution is 2.27. The van der Waals surface area contributed by atoms with E-state index in [1.165, 1.54) is 167 Å². The molecule has 44 heavy (non-hydrogen) atoms. The molecule has 0 heterocycles. The number of allylic oxidation sites excluding steroid dienone is 2. The third-order valence-corrected chi connectivity index (χ3v) is 9.72. The molecule has 0 saturated heterocycles. The summed E-state index contributed by atoms with van der Waals surface area (Å²) in [6.07, 6.45) is 42.2. The summed E-state index contributed by atoms with van der Waals surface area (Å²) in [7, 11) is 0. The van der Waals surface area contributed by atoms with Gasteiger partial charge in [0.15, 0.2) is 0 Å². The zero-order valence-corrected chi connectivity index (χ0v) is 31.3. The molecule has 262 valence electrons. The lowest BCUT2D eigenvalue weighted by Crippen LogP contribution is -2.19. The third kappa shape index (κ3) is 31.2. The van der Waals surface area contributed by atoms with E-state index in [9.17, 15) is 4.79 Å². The molecule has 0 aliphatic carbocycles. The quantitative estimate of drug-likeness (QED) is 0.0407. The minimum atomic E-state index is 0.0226. The molecule has 0 radical (unpaired) electrons. The fourth-order valence-corrected chi connectivity index (χ4v) is 7.03. The third-order valence-electron chi connectivity index (χ3n) is 9.72. The van der Waals surface area contributed by atoms with Crippen LogP contribution in [0.1, 0.15) is 221 Å². The fraction of sp³-hybridized carbons (Fsp3) is 0.929. The molecule has 0 aliphatic rings. The van der Waals surface area contributed by atoms with Crippen LogP contribution in [0.4, 0.5) is 0 Å². The maximum Gasteiger partial charge on any atom is 0.308 e. The van der Waals surface area contributed by atoms with Crippen LogP contribution in [0.2, 0.25) is 0 Å². The predicted molar refractivity (Wildman–Crippen MR) is 197 cm³/mol. The first kappa shape index (κ1) is 43.2. The van der Waals surface area contributed by atoms with E-state index < -0.39 is 0 Å². The van der Waals surface area contributed by atoms with E-state index in [2.05, 4.69) is 53.7 Å². The zero-order valence-electron chi connectivity index (χ0n) is 31.3. The number of carbonyl (C=O) groups is 1. The maximum atomic E-state index is 12.5. The maximum absolute atomic E-state index is 12.5. The first-order valence-electron chi connectivity index (χ1n) is 20.2. The number of rotatable bonds is 34. The van der Waals surface area contributed by atoms with E-state index in [0.29, 0.717) is 12.5 Å². The first-order chi connectivity index (χ1) is 21.4. The topological polar surface area (TPSA) is 26.3 Å². The molecule has 0 aromatic rings. The van der Waals surface area contributed by atoms with Gasteiger partial charge in [-0.15, -0.1) is 0 Å². The molecule has 0 rings (SSSR count). The van der Waals surface area contributed by atoms with Crippen LogP contribution in [0.3, 0.4) is 0 Å². The fourth-order valence-electron chi connectivity index (χ4n) is 7.03. The Kier molecular flexibility index (Phi) is 33.0. The van der Waals surface area contributed by atoms with Crippen molar-refractivity contribution in [1.29, 1.82) is 0 Å². The van der Waals surface area contributed by atoms with Crippen LogP contribution in [0.5, 0.6) is 0 Å². The Bertz CT molecular complexity index is 611. The van der Waals surface area contributed by atoms with Crippen molar-refractivity contribution in [3.8, 4) is 0 Å². The van der Waals surface area contributed by atoms with Gasteiger partial charge in [0.1, 0.15) is 0 Å².